The summed E-state index contributed by atoms with van der Waals surface area (Å²) in [6.45, 7) is 4.45. The van der Waals surface area contributed by atoms with Gasteiger partial charge < -0.3 is 5.32 Å². The van der Waals surface area contributed by atoms with E-state index >= 15 is 0 Å². The molecule has 0 fully saturated rings. The molecule has 0 aliphatic carbocycles. The Kier molecular flexibility index (Phi) is 7.82. The van der Waals surface area contributed by atoms with Crippen LogP contribution in [0.15, 0.2) is 24.3 Å². The van der Waals surface area contributed by atoms with E-state index in [1.54, 1.807) is 18.2 Å². The van der Waals surface area contributed by atoms with Crippen LogP contribution in [0.25, 0.3) is 0 Å². The summed E-state index contributed by atoms with van der Waals surface area (Å²) < 4.78 is 0. The number of hydrogen-bond acceptors (Lipinski definition) is 3. The monoisotopic (exact) mass is 290 g/mol. The Morgan fingerprint density at radius 2 is 2.20 bits per heavy atom. The van der Waals surface area contributed by atoms with Crippen molar-refractivity contribution in [2.24, 2.45) is 5.92 Å². The van der Waals surface area contributed by atoms with Crippen molar-refractivity contribution in [2.75, 3.05) is 16.8 Å². The predicted octanol–water partition coefficient (Wildman–Crippen LogP) is 4.06. The van der Waals surface area contributed by atoms with Crippen LogP contribution in [0.3, 0.4) is 0 Å². The molecule has 1 amide bonds. The summed E-state index contributed by atoms with van der Waals surface area (Å²) in [6, 6.07) is 9.15. The van der Waals surface area contributed by atoms with Crippen molar-refractivity contribution in [1.29, 1.82) is 5.26 Å². The summed E-state index contributed by atoms with van der Waals surface area (Å²) in [4.78, 5) is 11.8. The zero-order chi connectivity index (χ0) is 14.8. The molecule has 0 radical (unpaired) electrons. The second-order valence-electron chi connectivity index (χ2n) is 4.90. The molecule has 0 aliphatic rings. The first-order chi connectivity index (χ1) is 9.67. The topological polar surface area (TPSA) is 52.9 Å². The van der Waals surface area contributed by atoms with E-state index in [1.165, 1.54) is 6.42 Å². The van der Waals surface area contributed by atoms with Crippen molar-refractivity contribution in [2.45, 2.75) is 33.1 Å². The number of para-hydroxylation sites is 1. The van der Waals surface area contributed by atoms with E-state index in [0.29, 0.717) is 17.7 Å². The van der Waals surface area contributed by atoms with Gasteiger partial charge in [-0.2, -0.15) is 17.0 Å². The number of benzene rings is 1. The van der Waals surface area contributed by atoms with Crippen molar-refractivity contribution in [1.82, 2.24) is 0 Å². The number of rotatable bonds is 8. The van der Waals surface area contributed by atoms with Crippen LogP contribution in [0.5, 0.6) is 0 Å². The van der Waals surface area contributed by atoms with Crippen molar-refractivity contribution in [3.63, 3.8) is 0 Å². The Morgan fingerprint density at radius 3 is 2.90 bits per heavy atom. The van der Waals surface area contributed by atoms with Gasteiger partial charge in [-0.05, 0) is 36.0 Å². The number of carbonyl (C=O) groups excluding carboxylic acids is 1. The highest BCUT2D eigenvalue weighted by molar-refractivity contribution is 7.99. The molecule has 1 atom stereocenters. The first kappa shape index (κ1) is 16.6. The average molecular weight is 290 g/mol. The van der Waals surface area contributed by atoms with Crippen LogP contribution in [0.4, 0.5) is 5.69 Å². The van der Waals surface area contributed by atoms with Crippen LogP contribution in [-0.4, -0.2) is 17.4 Å². The van der Waals surface area contributed by atoms with Gasteiger partial charge >= 0.3 is 0 Å². The first-order valence-corrected chi connectivity index (χ1v) is 8.19. The quantitative estimate of drug-likeness (QED) is 0.735. The Hall–Kier alpha value is -1.47. The highest BCUT2D eigenvalue weighted by Gasteiger charge is 2.06. The zero-order valence-electron chi connectivity index (χ0n) is 12.2. The maximum Gasteiger partial charge on any atom is 0.224 e. The molecule has 1 rings (SSSR count). The SMILES string of the molecule is CCC(C)CSCCCC(=O)Nc1ccccc1C#N. The number of amides is 1. The predicted molar refractivity (Wildman–Crippen MR) is 85.8 cm³/mol. The normalized spacial score (nSPS) is 11.7. The number of nitriles is 1. The second kappa shape index (κ2) is 9.44. The van der Waals surface area contributed by atoms with Crippen LogP contribution in [0.1, 0.15) is 38.7 Å². The lowest BCUT2D eigenvalue weighted by Crippen LogP contribution is -2.12. The molecule has 4 heteroatoms. The molecule has 108 valence electrons. The van der Waals surface area contributed by atoms with E-state index in [1.807, 2.05) is 17.8 Å². The van der Waals surface area contributed by atoms with Gasteiger partial charge in [-0.15, -0.1) is 0 Å². The highest BCUT2D eigenvalue weighted by atomic mass is 32.2. The van der Waals surface area contributed by atoms with Gasteiger partial charge in [-0.1, -0.05) is 32.4 Å². The molecule has 3 nitrogen and oxygen atoms in total. The third-order valence-corrected chi connectivity index (χ3v) is 4.50. The van der Waals surface area contributed by atoms with Gasteiger partial charge in [0.15, 0.2) is 0 Å². The van der Waals surface area contributed by atoms with E-state index in [-0.39, 0.29) is 5.91 Å². The Balaban J connectivity index is 2.26. The lowest BCUT2D eigenvalue weighted by molar-refractivity contribution is -0.116. The summed E-state index contributed by atoms with van der Waals surface area (Å²) in [5.74, 6) is 2.90. The van der Waals surface area contributed by atoms with Gasteiger partial charge in [0.1, 0.15) is 6.07 Å². The molecule has 0 aliphatic heterocycles. The van der Waals surface area contributed by atoms with Crippen LogP contribution in [-0.2, 0) is 4.79 Å². The largest absolute Gasteiger partial charge is 0.325 e. The minimum absolute atomic E-state index is 0.0168. The maximum absolute atomic E-state index is 11.8. The summed E-state index contributed by atoms with van der Waals surface area (Å²) in [5, 5.41) is 11.7. The third kappa shape index (κ3) is 6.12. The molecule has 20 heavy (non-hydrogen) atoms. The smallest absolute Gasteiger partial charge is 0.224 e. The Labute approximate surface area is 125 Å². The van der Waals surface area contributed by atoms with Gasteiger partial charge in [0, 0.05) is 6.42 Å². The number of thioether (sulfide) groups is 1. The Bertz CT molecular complexity index is 468. The fourth-order valence-electron chi connectivity index (χ4n) is 1.64. The lowest BCUT2D eigenvalue weighted by atomic mass is 10.2. The van der Waals surface area contributed by atoms with Gasteiger partial charge in [-0.3, -0.25) is 4.79 Å². The third-order valence-electron chi connectivity index (χ3n) is 3.11. The van der Waals surface area contributed by atoms with E-state index in [9.17, 15) is 4.79 Å². The van der Waals surface area contributed by atoms with E-state index < -0.39 is 0 Å². The molecule has 1 N–H and O–H groups in total. The Morgan fingerprint density at radius 1 is 1.45 bits per heavy atom. The molecule has 1 aromatic carbocycles. The molecule has 0 aromatic heterocycles. The standard InChI is InChI=1S/C16H22N2OS/c1-3-13(2)12-20-10-6-9-16(19)18-15-8-5-4-7-14(15)11-17/h4-5,7-8,13H,3,6,9-10,12H2,1-2H3,(H,18,19). The average Bonchev–Trinajstić information content (AvgIpc) is 2.47. The number of anilines is 1. The van der Waals surface area contributed by atoms with Gasteiger partial charge in [-0.25, -0.2) is 0 Å². The molecule has 1 aromatic rings. The summed E-state index contributed by atoms with van der Waals surface area (Å²) in [6.07, 6.45) is 2.59. The summed E-state index contributed by atoms with van der Waals surface area (Å²) in [5.41, 5.74) is 1.11. The number of nitrogens with one attached hydrogen (secondary N) is 1. The van der Waals surface area contributed by atoms with E-state index in [0.717, 1.165) is 23.8 Å². The van der Waals surface area contributed by atoms with E-state index in [4.69, 9.17) is 5.26 Å². The van der Waals surface area contributed by atoms with Crippen LogP contribution < -0.4 is 5.32 Å². The van der Waals surface area contributed by atoms with Crippen molar-refractivity contribution < 1.29 is 4.79 Å². The minimum Gasteiger partial charge on any atom is -0.325 e. The van der Waals surface area contributed by atoms with Crippen LogP contribution >= 0.6 is 11.8 Å². The molecular weight excluding hydrogens is 268 g/mol. The van der Waals surface area contributed by atoms with Crippen molar-refractivity contribution >= 4 is 23.4 Å². The second-order valence-corrected chi connectivity index (χ2v) is 6.05. The molecule has 0 heterocycles. The minimum atomic E-state index is -0.0168. The van der Waals surface area contributed by atoms with Crippen LogP contribution in [0, 0.1) is 17.2 Å². The number of carbonyl (C=O) groups is 1. The van der Waals surface area contributed by atoms with Gasteiger partial charge in [0.05, 0.1) is 11.3 Å². The zero-order valence-corrected chi connectivity index (χ0v) is 13.0. The van der Waals surface area contributed by atoms with Gasteiger partial charge in [0.25, 0.3) is 0 Å². The molecular formula is C16H22N2OS. The van der Waals surface area contributed by atoms with Crippen molar-refractivity contribution in [3.8, 4) is 6.07 Å². The maximum atomic E-state index is 11.8. The fourth-order valence-corrected chi connectivity index (χ4v) is 2.79. The summed E-state index contributed by atoms with van der Waals surface area (Å²) >= 11 is 1.91. The van der Waals surface area contributed by atoms with Crippen LogP contribution in [0.2, 0.25) is 0 Å². The summed E-state index contributed by atoms with van der Waals surface area (Å²) in [7, 11) is 0. The molecule has 0 saturated heterocycles. The molecule has 0 bridgehead atoms. The van der Waals surface area contributed by atoms with E-state index in [2.05, 4.69) is 25.2 Å². The lowest BCUT2D eigenvalue weighted by Gasteiger charge is -2.08. The number of hydrogen-bond donors (Lipinski definition) is 1. The molecule has 0 spiro atoms. The molecule has 0 saturated carbocycles. The molecule has 1 unspecified atom stereocenters. The van der Waals surface area contributed by atoms with Crippen molar-refractivity contribution in [3.05, 3.63) is 29.8 Å². The highest BCUT2D eigenvalue weighted by Crippen LogP contribution is 2.15. The first-order valence-electron chi connectivity index (χ1n) is 7.04. The number of nitrogens with zero attached hydrogens (tertiary/aromatic N) is 1. The fraction of sp³-hybridized carbons (Fsp3) is 0.500. The van der Waals surface area contributed by atoms with Gasteiger partial charge in [0.2, 0.25) is 5.91 Å².